The average molecular weight is 243 g/mol. The van der Waals surface area contributed by atoms with Gasteiger partial charge in [0, 0.05) is 32.4 Å². The van der Waals surface area contributed by atoms with Crippen LogP contribution in [0.25, 0.3) is 0 Å². The molecule has 96 valence electrons. The van der Waals surface area contributed by atoms with Gasteiger partial charge in [-0.3, -0.25) is 13.9 Å². The Morgan fingerprint density at radius 3 is 2.35 bits per heavy atom. The van der Waals surface area contributed by atoms with E-state index in [0.717, 1.165) is 4.57 Å². The number of aliphatic hydroxyl groups excluding tert-OH is 2. The number of aliphatic hydroxyl groups is 2. The Hall–Kier alpha value is -1.44. The van der Waals surface area contributed by atoms with Crippen molar-refractivity contribution in [3.63, 3.8) is 0 Å². The van der Waals surface area contributed by atoms with Gasteiger partial charge in [0.25, 0.3) is 5.56 Å². The van der Waals surface area contributed by atoms with Gasteiger partial charge >= 0.3 is 5.69 Å². The average Bonchev–Trinajstić information content (AvgIpc) is 2.33. The zero-order valence-corrected chi connectivity index (χ0v) is 9.88. The number of aromatic nitrogens is 2. The van der Waals surface area contributed by atoms with E-state index in [2.05, 4.69) is 5.32 Å². The predicted molar refractivity (Wildman–Crippen MR) is 61.7 cm³/mol. The molecule has 0 spiro atoms. The molecule has 0 fully saturated rings. The van der Waals surface area contributed by atoms with Crippen molar-refractivity contribution >= 4 is 0 Å². The second-order valence-corrected chi connectivity index (χ2v) is 3.82. The van der Waals surface area contributed by atoms with Crippen LogP contribution in [0, 0.1) is 0 Å². The van der Waals surface area contributed by atoms with E-state index in [1.54, 1.807) is 7.05 Å². The lowest BCUT2D eigenvalue weighted by molar-refractivity contribution is 0.169. The molecule has 0 aliphatic heterocycles. The van der Waals surface area contributed by atoms with E-state index in [9.17, 15) is 9.59 Å². The Kier molecular flexibility index (Phi) is 4.62. The summed E-state index contributed by atoms with van der Waals surface area (Å²) in [6.07, 6.45) is 0. The largest absolute Gasteiger partial charge is 0.395 e. The molecule has 1 aromatic rings. The maximum absolute atomic E-state index is 11.6. The summed E-state index contributed by atoms with van der Waals surface area (Å²) in [6.45, 7) is -0.196. The molecule has 7 heteroatoms. The SMILES string of the molecule is Cn1c(CNC(CO)CO)cc(=O)n(C)c1=O. The Bertz CT molecular complexity index is 487. The van der Waals surface area contributed by atoms with Crippen molar-refractivity contribution in [3.05, 3.63) is 32.6 Å². The van der Waals surface area contributed by atoms with Gasteiger partial charge in [0.05, 0.1) is 19.3 Å². The lowest BCUT2D eigenvalue weighted by Gasteiger charge is -2.15. The smallest absolute Gasteiger partial charge is 0.330 e. The lowest BCUT2D eigenvalue weighted by atomic mass is 10.3. The van der Waals surface area contributed by atoms with Crippen LogP contribution in [0.1, 0.15) is 5.69 Å². The Morgan fingerprint density at radius 1 is 1.24 bits per heavy atom. The summed E-state index contributed by atoms with van der Waals surface area (Å²) in [6, 6.07) is 0.884. The fourth-order valence-corrected chi connectivity index (χ4v) is 1.38. The van der Waals surface area contributed by atoms with Crippen LogP contribution in [0.2, 0.25) is 0 Å². The highest BCUT2D eigenvalue weighted by molar-refractivity contribution is 5.02. The van der Waals surface area contributed by atoms with E-state index in [-0.39, 0.29) is 25.3 Å². The summed E-state index contributed by atoms with van der Waals surface area (Å²) in [4.78, 5) is 23.0. The van der Waals surface area contributed by atoms with Crippen molar-refractivity contribution in [2.75, 3.05) is 13.2 Å². The highest BCUT2D eigenvalue weighted by atomic mass is 16.3. The fourth-order valence-electron chi connectivity index (χ4n) is 1.38. The van der Waals surface area contributed by atoms with Gasteiger partial charge in [0.1, 0.15) is 0 Å². The lowest BCUT2D eigenvalue weighted by Crippen LogP contribution is -2.41. The van der Waals surface area contributed by atoms with Crippen molar-refractivity contribution in [2.24, 2.45) is 14.1 Å². The van der Waals surface area contributed by atoms with Crippen LogP contribution >= 0.6 is 0 Å². The molecule has 3 N–H and O–H groups in total. The summed E-state index contributed by atoms with van der Waals surface area (Å²) in [5, 5.41) is 20.6. The molecule has 0 saturated heterocycles. The maximum atomic E-state index is 11.6. The minimum atomic E-state index is -0.464. The topological polar surface area (TPSA) is 96.5 Å². The van der Waals surface area contributed by atoms with Gasteiger partial charge in [-0.15, -0.1) is 0 Å². The zero-order valence-electron chi connectivity index (χ0n) is 9.88. The molecule has 17 heavy (non-hydrogen) atoms. The first-order chi connectivity index (χ1) is 8.01. The summed E-state index contributed by atoms with van der Waals surface area (Å²) >= 11 is 0. The first-order valence-electron chi connectivity index (χ1n) is 5.22. The molecule has 0 saturated carbocycles. The van der Waals surface area contributed by atoms with Crippen LogP contribution in [0.4, 0.5) is 0 Å². The first-order valence-corrected chi connectivity index (χ1v) is 5.22. The van der Waals surface area contributed by atoms with Crippen molar-refractivity contribution in [3.8, 4) is 0 Å². The summed E-state index contributed by atoms with van der Waals surface area (Å²) in [5.41, 5.74) is -0.279. The molecule has 0 atom stereocenters. The van der Waals surface area contributed by atoms with Gasteiger partial charge in [-0.2, -0.15) is 0 Å². The number of hydrogen-bond acceptors (Lipinski definition) is 5. The van der Waals surface area contributed by atoms with E-state index in [1.165, 1.54) is 17.7 Å². The molecule has 0 amide bonds. The van der Waals surface area contributed by atoms with Gasteiger partial charge in [-0.25, -0.2) is 4.79 Å². The van der Waals surface area contributed by atoms with E-state index in [4.69, 9.17) is 10.2 Å². The van der Waals surface area contributed by atoms with E-state index in [1.807, 2.05) is 0 Å². The van der Waals surface area contributed by atoms with Crippen LogP contribution in [0.5, 0.6) is 0 Å². The third kappa shape index (κ3) is 3.02. The molecule has 0 aliphatic rings. The Balaban J connectivity index is 2.93. The van der Waals surface area contributed by atoms with Crippen LogP contribution < -0.4 is 16.6 Å². The molecule has 0 radical (unpaired) electrons. The summed E-state index contributed by atoms with van der Waals surface area (Å²) < 4.78 is 2.36. The van der Waals surface area contributed by atoms with E-state index < -0.39 is 11.7 Å². The van der Waals surface area contributed by atoms with Gasteiger partial charge in [-0.1, -0.05) is 0 Å². The van der Waals surface area contributed by atoms with Gasteiger partial charge in [0.15, 0.2) is 0 Å². The quantitative estimate of drug-likeness (QED) is 0.532. The third-order valence-electron chi connectivity index (χ3n) is 2.64. The molecule has 7 nitrogen and oxygen atoms in total. The molecule has 1 heterocycles. The molecule has 0 unspecified atom stereocenters. The molecule has 1 rings (SSSR count). The number of rotatable bonds is 5. The van der Waals surface area contributed by atoms with Gasteiger partial charge < -0.3 is 15.5 Å². The minimum absolute atomic E-state index is 0.213. The number of nitrogens with one attached hydrogen (secondary N) is 1. The molecule has 1 aromatic heterocycles. The summed E-state index contributed by atoms with van der Waals surface area (Å²) in [7, 11) is 2.97. The highest BCUT2D eigenvalue weighted by Crippen LogP contribution is 1.91. The first kappa shape index (κ1) is 13.6. The molecule has 0 aliphatic carbocycles. The molecule has 0 aromatic carbocycles. The maximum Gasteiger partial charge on any atom is 0.330 e. The third-order valence-corrected chi connectivity index (χ3v) is 2.64. The van der Waals surface area contributed by atoms with E-state index >= 15 is 0 Å². The van der Waals surface area contributed by atoms with Crippen LogP contribution in [0.15, 0.2) is 15.7 Å². The second kappa shape index (κ2) is 5.76. The van der Waals surface area contributed by atoms with Crippen molar-refractivity contribution in [1.82, 2.24) is 14.5 Å². The Morgan fingerprint density at radius 2 is 1.82 bits per heavy atom. The van der Waals surface area contributed by atoms with E-state index in [0.29, 0.717) is 5.69 Å². The van der Waals surface area contributed by atoms with Crippen molar-refractivity contribution in [1.29, 1.82) is 0 Å². The van der Waals surface area contributed by atoms with Crippen LogP contribution in [0.3, 0.4) is 0 Å². The number of hydrogen-bond donors (Lipinski definition) is 3. The summed E-state index contributed by atoms with van der Waals surface area (Å²) in [5.74, 6) is 0. The molecular weight excluding hydrogens is 226 g/mol. The monoisotopic (exact) mass is 243 g/mol. The van der Waals surface area contributed by atoms with Gasteiger partial charge in [-0.05, 0) is 0 Å². The highest BCUT2D eigenvalue weighted by Gasteiger charge is 2.08. The zero-order chi connectivity index (χ0) is 13.0. The van der Waals surface area contributed by atoms with Crippen molar-refractivity contribution in [2.45, 2.75) is 12.6 Å². The minimum Gasteiger partial charge on any atom is -0.395 e. The van der Waals surface area contributed by atoms with Crippen LogP contribution in [-0.4, -0.2) is 38.6 Å². The normalized spacial score (nSPS) is 11.1. The predicted octanol–water partition coefficient (Wildman–Crippen LogP) is -2.47. The number of nitrogens with zero attached hydrogens (tertiary/aromatic N) is 2. The van der Waals surface area contributed by atoms with Crippen molar-refractivity contribution < 1.29 is 10.2 Å². The standard InChI is InChI=1S/C10H17N3O4/c1-12-8(4-11-7(5-14)6-15)3-9(16)13(2)10(12)17/h3,7,11,14-15H,4-6H2,1-2H3. The Labute approximate surface area is 97.9 Å². The molecular formula is C10H17N3O4. The molecule has 0 bridgehead atoms. The second-order valence-electron chi connectivity index (χ2n) is 3.82. The fraction of sp³-hybridized carbons (Fsp3) is 0.600. The van der Waals surface area contributed by atoms with Crippen LogP contribution in [-0.2, 0) is 20.6 Å². The van der Waals surface area contributed by atoms with Gasteiger partial charge in [0.2, 0.25) is 0 Å².